The lowest BCUT2D eigenvalue weighted by Gasteiger charge is -2.19. The van der Waals surface area contributed by atoms with E-state index in [0.29, 0.717) is 21.7 Å². The molecule has 1 amide bonds. The number of amides is 1. The Hall–Kier alpha value is -1.71. The Morgan fingerprint density at radius 2 is 1.79 bits per heavy atom. The normalized spacial score (nSPS) is 12.1. The fraction of sp³-hybridized carbons (Fsp3) is 0.316. The van der Waals surface area contributed by atoms with E-state index in [9.17, 15) is 4.79 Å². The number of benzene rings is 2. The van der Waals surface area contributed by atoms with Crippen molar-refractivity contribution in [3.8, 4) is 5.75 Å². The molecule has 128 valence electrons. The van der Waals surface area contributed by atoms with E-state index in [1.165, 1.54) is 0 Å². The first-order valence-electron chi connectivity index (χ1n) is 7.81. The molecule has 0 heterocycles. The number of halogens is 2. The molecule has 0 aliphatic heterocycles. The number of anilines is 1. The van der Waals surface area contributed by atoms with E-state index in [-0.39, 0.29) is 5.91 Å². The van der Waals surface area contributed by atoms with Gasteiger partial charge in [-0.3, -0.25) is 4.79 Å². The van der Waals surface area contributed by atoms with Crippen LogP contribution in [0, 0.1) is 6.92 Å². The predicted molar refractivity (Wildman–Crippen MR) is 100 cm³/mol. The van der Waals surface area contributed by atoms with Gasteiger partial charge in [0.25, 0.3) is 5.91 Å². The zero-order valence-corrected chi connectivity index (χ0v) is 15.7. The number of hydrogen-bond acceptors (Lipinski definition) is 2. The molecule has 2 aromatic carbocycles. The largest absolute Gasteiger partial charge is 0.481 e. The second-order valence-electron chi connectivity index (χ2n) is 6.07. The van der Waals surface area contributed by atoms with E-state index >= 15 is 0 Å². The summed E-state index contributed by atoms with van der Waals surface area (Å²) >= 11 is 12.0. The summed E-state index contributed by atoms with van der Waals surface area (Å²) in [6.45, 7) is 7.88. The first kappa shape index (κ1) is 18.6. The van der Waals surface area contributed by atoms with Crippen molar-refractivity contribution < 1.29 is 9.53 Å². The van der Waals surface area contributed by atoms with Gasteiger partial charge >= 0.3 is 0 Å². The van der Waals surface area contributed by atoms with Crippen molar-refractivity contribution >= 4 is 34.8 Å². The third kappa shape index (κ3) is 4.65. The van der Waals surface area contributed by atoms with Crippen LogP contribution in [0.5, 0.6) is 5.75 Å². The van der Waals surface area contributed by atoms with Gasteiger partial charge in [-0.1, -0.05) is 49.2 Å². The van der Waals surface area contributed by atoms with Crippen molar-refractivity contribution in [3.63, 3.8) is 0 Å². The molecule has 2 rings (SSSR count). The number of hydrogen-bond donors (Lipinski definition) is 1. The van der Waals surface area contributed by atoms with Crippen LogP contribution in [0.25, 0.3) is 0 Å². The van der Waals surface area contributed by atoms with Crippen LogP contribution in [0.3, 0.4) is 0 Å². The van der Waals surface area contributed by atoms with Crippen LogP contribution in [0.2, 0.25) is 10.0 Å². The molecule has 1 unspecified atom stereocenters. The molecule has 3 nitrogen and oxygen atoms in total. The average molecular weight is 366 g/mol. The molecule has 5 heteroatoms. The third-order valence-electron chi connectivity index (χ3n) is 3.65. The quantitative estimate of drug-likeness (QED) is 0.723. The standard InChI is InChI=1S/C19H21Cl2NO2/c1-11(2)15-7-5-12(3)9-18(15)24-13(4)19(23)22-17-10-14(20)6-8-16(17)21/h5-11,13H,1-4H3,(H,22,23). The van der Waals surface area contributed by atoms with Crippen LogP contribution >= 0.6 is 23.2 Å². The van der Waals surface area contributed by atoms with Gasteiger partial charge in [0.2, 0.25) is 0 Å². The van der Waals surface area contributed by atoms with Gasteiger partial charge in [0.05, 0.1) is 10.7 Å². The molecule has 1 N–H and O–H groups in total. The maximum atomic E-state index is 12.4. The summed E-state index contributed by atoms with van der Waals surface area (Å²) in [5.74, 6) is 0.749. The van der Waals surface area contributed by atoms with E-state index < -0.39 is 6.10 Å². The predicted octanol–water partition coefficient (Wildman–Crippen LogP) is 5.83. The lowest BCUT2D eigenvalue weighted by molar-refractivity contribution is -0.122. The minimum absolute atomic E-state index is 0.282. The van der Waals surface area contributed by atoms with Gasteiger partial charge in [-0.05, 0) is 55.2 Å². The van der Waals surface area contributed by atoms with E-state index in [1.54, 1.807) is 25.1 Å². The monoisotopic (exact) mass is 365 g/mol. The van der Waals surface area contributed by atoms with Gasteiger partial charge in [0.1, 0.15) is 5.75 Å². The minimum Gasteiger partial charge on any atom is -0.481 e. The minimum atomic E-state index is -0.667. The molecule has 0 spiro atoms. The molecule has 0 fully saturated rings. The Bertz CT molecular complexity index is 744. The smallest absolute Gasteiger partial charge is 0.265 e. The van der Waals surface area contributed by atoms with Gasteiger partial charge in [0, 0.05) is 5.02 Å². The highest BCUT2D eigenvalue weighted by molar-refractivity contribution is 6.35. The fourth-order valence-corrected chi connectivity index (χ4v) is 2.63. The highest BCUT2D eigenvalue weighted by Crippen LogP contribution is 2.29. The first-order chi connectivity index (χ1) is 11.3. The second-order valence-corrected chi connectivity index (χ2v) is 6.91. The Balaban J connectivity index is 2.15. The second kappa shape index (κ2) is 7.91. The molecule has 0 aliphatic carbocycles. The fourth-order valence-electron chi connectivity index (χ4n) is 2.29. The molecule has 0 bridgehead atoms. The molecule has 0 saturated heterocycles. The topological polar surface area (TPSA) is 38.3 Å². The van der Waals surface area contributed by atoms with E-state index in [1.807, 2.05) is 25.1 Å². The summed E-state index contributed by atoms with van der Waals surface area (Å²) < 4.78 is 5.90. The summed E-state index contributed by atoms with van der Waals surface area (Å²) in [6, 6.07) is 10.9. The number of carbonyl (C=O) groups excluding carboxylic acids is 1. The summed E-state index contributed by atoms with van der Waals surface area (Å²) in [4.78, 5) is 12.4. The number of rotatable bonds is 5. The number of ether oxygens (including phenoxy) is 1. The van der Waals surface area contributed by atoms with E-state index in [4.69, 9.17) is 27.9 Å². The van der Waals surface area contributed by atoms with Gasteiger partial charge in [-0.15, -0.1) is 0 Å². The SMILES string of the molecule is Cc1ccc(C(C)C)c(OC(C)C(=O)Nc2cc(Cl)ccc2Cl)c1. The summed E-state index contributed by atoms with van der Waals surface area (Å²) in [7, 11) is 0. The van der Waals surface area contributed by atoms with Gasteiger partial charge in [-0.2, -0.15) is 0 Å². The maximum absolute atomic E-state index is 12.4. The molecule has 0 radical (unpaired) electrons. The molecule has 1 atom stereocenters. The van der Waals surface area contributed by atoms with E-state index in [0.717, 1.165) is 16.9 Å². The van der Waals surface area contributed by atoms with Gasteiger partial charge < -0.3 is 10.1 Å². The van der Waals surface area contributed by atoms with Crippen molar-refractivity contribution in [1.82, 2.24) is 0 Å². The zero-order valence-electron chi connectivity index (χ0n) is 14.2. The molecule has 2 aromatic rings. The lowest BCUT2D eigenvalue weighted by atomic mass is 10.0. The highest BCUT2D eigenvalue weighted by Gasteiger charge is 2.18. The number of nitrogens with one attached hydrogen (secondary N) is 1. The Morgan fingerprint density at radius 3 is 2.46 bits per heavy atom. The van der Waals surface area contributed by atoms with Crippen LogP contribution < -0.4 is 10.1 Å². The zero-order chi connectivity index (χ0) is 17.9. The summed E-state index contributed by atoms with van der Waals surface area (Å²) in [5.41, 5.74) is 2.62. The molecular formula is C19H21Cl2NO2. The Labute approximate surface area is 152 Å². The molecule has 0 saturated carbocycles. The van der Waals surface area contributed by atoms with E-state index in [2.05, 4.69) is 19.2 Å². The van der Waals surface area contributed by atoms with Crippen LogP contribution in [-0.2, 0) is 4.79 Å². The molecule has 0 aliphatic rings. The van der Waals surface area contributed by atoms with Gasteiger partial charge in [-0.25, -0.2) is 0 Å². The summed E-state index contributed by atoms with van der Waals surface area (Å²) in [6.07, 6.45) is -0.667. The Morgan fingerprint density at radius 1 is 1.08 bits per heavy atom. The molecular weight excluding hydrogens is 345 g/mol. The lowest BCUT2D eigenvalue weighted by Crippen LogP contribution is -2.30. The number of carbonyl (C=O) groups is 1. The van der Waals surface area contributed by atoms with Gasteiger partial charge in [0.15, 0.2) is 6.10 Å². The average Bonchev–Trinajstić information content (AvgIpc) is 2.50. The first-order valence-corrected chi connectivity index (χ1v) is 8.56. The van der Waals surface area contributed by atoms with Crippen LogP contribution in [0.15, 0.2) is 36.4 Å². The van der Waals surface area contributed by atoms with Crippen molar-refractivity contribution in [1.29, 1.82) is 0 Å². The maximum Gasteiger partial charge on any atom is 0.265 e. The summed E-state index contributed by atoms with van der Waals surface area (Å²) in [5, 5.41) is 3.69. The third-order valence-corrected chi connectivity index (χ3v) is 4.22. The number of aryl methyl sites for hydroxylation is 1. The highest BCUT2D eigenvalue weighted by atomic mass is 35.5. The van der Waals surface area contributed by atoms with Crippen molar-refractivity contribution in [2.24, 2.45) is 0 Å². The van der Waals surface area contributed by atoms with Crippen LogP contribution in [-0.4, -0.2) is 12.0 Å². The Kier molecular flexibility index (Phi) is 6.14. The van der Waals surface area contributed by atoms with Crippen molar-refractivity contribution in [2.45, 2.75) is 39.7 Å². The molecule has 24 heavy (non-hydrogen) atoms. The van der Waals surface area contributed by atoms with Crippen molar-refractivity contribution in [2.75, 3.05) is 5.32 Å². The van der Waals surface area contributed by atoms with Crippen molar-refractivity contribution in [3.05, 3.63) is 57.6 Å². The molecule has 0 aromatic heterocycles. The van der Waals surface area contributed by atoms with Crippen LogP contribution in [0.1, 0.15) is 37.8 Å². The van der Waals surface area contributed by atoms with Crippen LogP contribution in [0.4, 0.5) is 5.69 Å².